The minimum atomic E-state index is -0.912. The standard InChI is InChI=1S/C17H23N3OS/c1-17(2,21)16-20-14(11-6-4-3-5-7-11)15(22-16)12-8-9-19-13(18)10-12/h8-11,21H,3-7H2,1-2H3,(H2,18,19). The van der Waals surface area contributed by atoms with Gasteiger partial charge in [-0.3, -0.25) is 0 Å². The summed E-state index contributed by atoms with van der Waals surface area (Å²) in [6.45, 7) is 3.59. The fraction of sp³-hybridized carbons (Fsp3) is 0.529. The summed E-state index contributed by atoms with van der Waals surface area (Å²) in [6.07, 6.45) is 7.94. The van der Waals surface area contributed by atoms with Crippen LogP contribution in [0.2, 0.25) is 0 Å². The van der Waals surface area contributed by atoms with Crippen LogP contribution < -0.4 is 5.73 Å². The van der Waals surface area contributed by atoms with E-state index in [-0.39, 0.29) is 0 Å². The van der Waals surface area contributed by atoms with Crippen LogP contribution in [0.25, 0.3) is 10.4 Å². The van der Waals surface area contributed by atoms with Gasteiger partial charge in [0.05, 0.1) is 10.6 Å². The highest BCUT2D eigenvalue weighted by atomic mass is 32.1. The number of hydrogen-bond donors (Lipinski definition) is 2. The lowest BCUT2D eigenvalue weighted by Gasteiger charge is -2.21. The highest BCUT2D eigenvalue weighted by molar-refractivity contribution is 7.15. The molecule has 2 heterocycles. The lowest BCUT2D eigenvalue weighted by Crippen LogP contribution is -2.15. The van der Waals surface area contributed by atoms with Gasteiger partial charge in [-0.1, -0.05) is 19.3 Å². The van der Waals surface area contributed by atoms with Crippen molar-refractivity contribution in [2.45, 2.75) is 57.5 Å². The summed E-state index contributed by atoms with van der Waals surface area (Å²) in [5.74, 6) is 1.01. The van der Waals surface area contributed by atoms with E-state index in [1.54, 1.807) is 31.4 Å². The molecule has 1 aliphatic carbocycles. The fourth-order valence-corrected chi connectivity index (χ4v) is 4.19. The van der Waals surface area contributed by atoms with Crippen molar-refractivity contribution < 1.29 is 5.11 Å². The number of rotatable bonds is 3. The Morgan fingerprint density at radius 1 is 1.27 bits per heavy atom. The molecule has 1 aliphatic rings. The molecule has 118 valence electrons. The third-order valence-corrected chi connectivity index (χ3v) is 5.65. The summed E-state index contributed by atoms with van der Waals surface area (Å²) in [5, 5.41) is 11.1. The van der Waals surface area contributed by atoms with E-state index in [0.29, 0.717) is 11.7 Å². The molecule has 4 nitrogen and oxygen atoms in total. The summed E-state index contributed by atoms with van der Waals surface area (Å²) >= 11 is 1.58. The largest absolute Gasteiger partial charge is 0.384 e. The molecule has 5 heteroatoms. The average molecular weight is 317 g/mol. The molecule has 3 rings (SSSR count). The number of anilines is 1. The van der Waals surface area contributed by atoms with Gasteiger partial charge in [0.25, 0.3) is 0 Å². The van der Waals surface area contributed by atoms with Crippen molar-refractivity contribution in [1.82, 2.24) is 9.97 Å². The summed E-state index contributed by atoms with van der Waals surface area (Å²) in [6, 6.07) is 3.87. The first kappa shape index (κ1) is 15.4. The van der Waals surface area contributed by atoms with Crippen LogP contribution in [0.5, 0.6) is 0 Å². The number of aromatic nitrogens is 2. The van der Waals surface area contributed by atoms with Gasteiger partial charge in [-0.05, 0) is 44.4 Å². The van der Waals surface area contributed by atoms with E-state index in [0.717, 1.165) is 21.1 Å². The van der Waals surface area contributed by atoms with Crippen LogP contribution in [0.15, 0.2) is 18.3 Å². The molecule has 1 fully saturated rings. The highest BCUT2D eigenvalue weighted by Crippen LogP contribution is 2.42. The Labute approximate surface area is 135 Å². The van der Waals surface area contributed by atoms with Crippen LogP contribution in [0.1, 0.15) is 62.6 Å². The quantitative estimate of drug-likeness (QED) is 0.895. The first-order valence-electron chi connectivity index (χ1n) is 7.90. The van der Waals surface area contributed by atoms with Crippen molar-refractivity contribution in [3.63, 3.8) is 0 Å². The molecular weight excluding hydrogens is 294 g/mol. The maximum absolute atomic E-state index is 10.3. The molecule has 2 aromatic rings. The van der Waals surface area contributed by atoms with Crippen molar-refractivity contribution >= 4 is 17.2 Å². The van der Waals surface area contributed by atoms with E-state index in [2.05, 4.69) is 4.98 Å². The second-order valence-electron chi connectivity index (χ2n) is 6.60. The van der Waals surface area contributed by atoms with Gasteiger partial charge in [0.15, 0.2) is 0 Å². The Balaban J connectivity index is 2.08. The molecular formula is C17H23N3OS. The Morgan fingerprint density at radius 2 is 2.00 bits per heavy atom. The average Bonchev–Trinajstić information content (AvgIpc) is 2.93. The van der Waals surface area contributed by atoms with Crippen molar-refractivity contribution in [2.24, 2.45) is 0 Å². The lowest BCUT2D eigenvalue weighted by atomic mass is 9.86. The van der Waals surface area contributed by atoms with Crippen molar-refractivity contribution in [3.8, 4) is 10.4 Å². The smallest absolute Gasteiger partial charge is 0.125 e. The number of nitrogen functional groups attached to an aromatic ring is 1. The molecule has 0 aromatic carbocycles. The van der Waals surface area contributed by atoms with Crippen LogP contribution in [-0.2, 0) is 5.60 Å². The number of aliphatic hydroxyl groups is 1. The minimum absolute atomic E-state index is 0.491. The molecule has 0 bridgehead atoms. The predicted molar refractivity (Wildman–Crippen MR) is 90.8 cm³/mol. The third kappa shape index (κ3) is 3.15. The van der Waals surface area contributed by atoms with E-state index in [4.69, 9.17) is 10.7 Å². The van der Waals surface area contributed by atoms with Crippen LogP contribution in [-0.4, -0.2) is 15.1 Å². The molecule has 2 aromatic heterocycles. The molecule has 3 N–H and O–H groups in total. The lowest BCUT2D eigenvalue weighted by molar-refractivity contribution is 0.0780. The molecule has 1 saturated carbocycles. The zero-order chi connectivity index (χ0) is 15.7. The molecule has 0 radical (unpaired) electrons. The van der Waals surface area contributed by atoms with E-state index < -0.39 is 5.60 Å². The molecule has 0 atom stereocenters. The molecule has 0 spiro atoms. The number of thiazole rings is 1. The normalized spacial score (nSPS) is 16.9. The van der Waals surface area contributed by atoms with Gasteiger partial charge >= 0.3 is 0 Å². The van der Waals surface area contributed by atoms with E-state index in [9.17, 15) is 5.11 Å². The van der Waals surface area contributed by atoms with Crippen molar-refractivity contribution in [2.75, 3.05) is 5.73 Å². The predicted octanol–water partition coefficient (Wildman–Crippen LogP) is 4.06. The zero-order valence-electron chi connectivity index (χ0n) is 13.2. The SMILES string of the molecule is CC(C)(O)c1nc(C2CCCCC2)c(-c2ccnc(N)c2)s1. The molecule has 22 heavy (non-hydrogen) atoms. The van der Waals surface area contributed by atoms with Crippen LogP contribution in [0.4, 0.5) is 5.82 Å². The minimum Gasteiger partial charge on any atom is -0.384 e. The summed E-state index contributed by atoms with van der Waals surface area (Å²) in [4.78, 5) is 10.0. The van der Waals surface area contributed by atoms with Gasteiger partial charge in [0.2, 0.25) is 0 Å². The first-order chi connectivity index (χ1) is 10.4. The summed E-state index contributed by atoms with van der Waals surface area (Å²) in [7, 11) is 0. The zero-order valence-corrected chi connectivity index (χ0v) is 14.0. The molecule has 0 unspecified atom stereocenters. The number of hydrogen-bond acceptors (Lipinski definition) is 5. The maximum atomic E-state index is 10.3. The number of nitrogens with zero attached hydrogens (tertiary/aromatic N) is 2. The van der Waals surface area contributed by atoms with Crippen molar-refractivity contribution in [3.05, 3.63) is 29.0 Å². The topological polar surface area (TPSA) is 72.0 Å². The van der Waals surface area contributed by atoms with E-state index in [1.165, 1.54) is 32.1 Å². The monoisotopic (exact) mass is 317 g/mol. The second-order valence-corrected chi connectivity index (χ2v) is 7.60. The Hall–Kier alpha value is -1.46. The van der Waals surface area contributed by atoms with Gasteiger partial charge < -0.3 is 10.8 Å². The van der Waals surface area contributed by atoms with Crippen LogP contribution in [0, 0.1) is 0 Å². The van der Waals surface area contributed by atoms with Crippen LogP contribution >= 0.6 is 11.3 Å². The van der Waals surface area contributed by atoms with Crippen molar-refractivity contribution in [1.29, 1.82) is 0 Å². The van der Waals surface area contributed by atoms with Crippen LogP contribution in [0.3, 0.4) is 0 Å². The van der Waals surface area contributed by atoms with Gasteiger partial charge in [-0.25, -0.2) is 9.97 Å². The van der Waals surface area contributed by atoms with Gasteiger partial charge in [0, 0.05) is 12.1 Å². The number of nitrogens with two attached hydrogens (primary N) is 1. The van der Waals surface area contributed by atoms with Gasteiger partial charge in [0.1, 0.15) is 16.4 Å². The van der Waals surface area contributed by atoms with E-state index in [1.807, 2.05) is 12.1 Å². The molecule has 0 saturated heterocycles. The maximum Gasteiger partial charge on any atom is 0.125 e. The first-order valence-corrected chi connectivity index (χ1v) is 8.72. The molecule has 0 aliphatic heterocycles. The summed E-state index contributed by atoms with van der Waals surface area (Å²) in [5.41, 5.74) is 7.12. The molecule has 0 amide bonds. The summed E-state index contributed by atoms with van der Waals surface area (Å²) < 4.78 is 0. The van der Waals surface area contributed by atoms with Gasteiger partial charge in [-0.15, -0.1) is 11.3 Å². The Morgan fingerprint density at radius 3 is 2.64 bits per heavy atom. The van der Waals surface area contributed by atoms with E-state index >= 15 is 0 Å². The fourth-order valence-electron chi connectivity index (χ4n) is 3.04. The Bertz CT molecular complexity index is 654. The number of pyridine rings is 1. The Kier molecular flexibility index (Phi) is 4.19. The third-order valence-electron chi connectivity index (χ3n) is 4.21. The second kappa shape index (κ2) is 5.97. The highest BCUT2D eigenvalue weighted by Gasteiger charge is 2.28. The van der Waals surface area contributed by atoms with Gasteiger partial charge in [-0.2, -0.15) is 0 Å².